The molecule has 1 unspecified atom stereocenters. The molecule has 0 bridgehead atoms. The van der Waals surface area contributed by atoms with Gasteiger partial charge in [0.25, 0.3) is 0 Å². The molecule has 1 saturated carbocycles. The second-order valence-electron chi connectivity index (χ2n) is 5.83. The topological polar surface area (TPSA) is 60.8 Å². The normalized spacial score (nSPS) is 33.1. The van der Waals surface area contributed by atoms with Crippen LogP contribution in [0.15, 0.2) is 0 Å². The van der Waals surface area contributed by atoms with Crippen LogP contribution in [0.5, 0.6) is 0 Å². The van der Waals surface area contributed by atoms with Gasteiger partial charge in [0.2, 0.25) is 0 Å². The van der Waals surface area contributed by atoms with Crippen molar-refractivity contribution in [2.24, 2.45) is 5.41 Å². The average Bonchev–Trinajstić information content (AvgIpc) is 2.86. The van der Waals surface area contributed by atoms with Gasteiger partial charge in [-0.2, -0.15) is 0 Å². The van der Waals surface area contributed by atoms with E-state index in [1.807, 2.05) is 6.92 Å². The van der Waals surface area contributed by atoms with E-state index < -0.39 is 17.0 Å². The molecule has 0 spiro atoms. The Bertz CT molecular complexity index is 299. The molecule has 1 saturated heterocycles. The molecular weight excluding hydrogens is 218 g/mol. The Morgan fingerprint density at radius 2 is 1.94 bits per heavy atom. The molecule has 2 rings (SSSR count). The zero-order chi connectivity index (χ0) is 12.5. The van der Waals surface area contributed by atoms with E-state index in [0.717, 1.165) is 38.6 Å². The molecule has 1 atom stereocenters. The van der Waals surface area contributed by atoms with Crippen molar-refractivity contribution in [3.63, 3.8) is 0 Å². The number of aliphatic hydroxyl groups is 1. The van der Waals surface area contributed by atoms with E-state index in [2.05, 4.69) is 4.90 Å². The molecular formula is C13H23NO3. The monoisotopic (exact) mass is 241 g/mol. The van der Waals surface area contributed by atoms with E-state index in [0.29, 0.717) is 19.5 Å². The van der Waals surface area contributed by atoms with E-state index in [4.69, 9.17) is 0 Å². The third-order valence-corrected chi connectivity index (χ3v) is 4.62. The summed E-state index contributed by atoms with van der Waals surface area (Å²) in [4.78, 5) is 13.5. The molecule has 2 N–H and O–H groups in total. The van der Waals surface area contributed by atoms with E-state index in [9.17, 15) is 15.0 Å². The molecule has 0 amide bonds. The van der Waals surface area contributed by atoms with Gasteiger partial charge < -0.3 is 10.2 Å². The maximum atomic E-state index is 11.3. The summed E-state index contributed by atoms with van der Waals surface area (Å²) in [5, 5.41) is 19.7. The lowest BCUT2D eigenvalue weighted by Crippen LogP contribution is -2.42. The van der Waals surface area contributed by atoms with Gasteiger partial charge in [-0.15, -0.1) is 0 Å². The second-order valence-corrected chi connectivity index (χ2v) is 5.83. The summed E-state index contributed by atoms with van der Waals surface area (Å²) in [6.45, 7) is 4.01. The Kier molecular flexibility index (Phi) is 3.46. The van der Waals surface area contributed by atoms with Crippen LogP contribution in [0.1, 0.15) is 45.4 Å². The average molecular weight is 241 g/mol. The summed E-state index contributed by atoms with van der Waals surface area (Å²) in [5.74, 6) is -0.680. The highest BCUT2D eigenvalue weighted by Crippen LogP contribution is 2.37. The van der Waals surface area contributed by atoms with Crippen LogP contribution in [-0.2, 0) is 4.79 Å². The molecule has 4 heteroatoms. The third-order valence-electron chi connectivity index (χ3n) is 4.62. The van der Waals surface area contributed by atoms with Crippen molar-refractivity contribution in [3.8, 4) is 0 Å². The van der Waals surface area contributed by atoms with Gasteiger partial charge in [0.1, 0.15) is 0 Å². The van der Waals surface area contributed by atoms with Crippen LogP contribution >= 0.6 is 0 Å². The van der Waals surface area contributed by atoms with Crippen LogP contribution in [0.3, 0.4) is 0 Å². The van der Waals surface area contributed by atoms with Crippen molar-refractivity contribution in [1.82, 2.24) is 4.90 Å². The molecule has 1 aliphatic carbocycles. The summed E-state index contributed by atoms with van der Waals surface area (Å²) >= 11 is 0. The molecule has 98 valence electrons. The number of β-amino-alcohol motifs (C(OH)–C–C–N with tert-alkyl or cyclic N) is 1. The zero-order valence-corrected chi connectivity index (χ0v) is 10.6. The first-order valence-corrected chi connectivity index (χ1v) is 6.68. The number of carboxylic acid groups (broad SMARTS) is 1. The van der Waals surface area contributed by atoms with Crippen LogP contribution < -0.4 is 0 Å². The van der Waals surface area contributed by atoms with E-state index in [1.54, 1.807) is 0 Å². The SMILES string of the molecule is CCC1(C(=O)O)CCN(CC2(O)CCCC2)C1. The lowest BCUT2D eigenvalue weighted by molar-refractivity contribution is -0.148. The molecule has 4 nitrogen and oxygen atoms in total. The highest BCUT2D eigenvalue weighted by Gasteiger charge is 2.45. The first-order valence-electron chi connectivity index (χ1n) is 6.68. The van der Waals surface area contributed by atoms with E-state index in [-0.39, 0.29) is 0 Å². The Morgan fingerprint density at radius 1 is 1.29 bits per heavy atom. The van der Waals surface area contributed by atoms with Gasteiger partial charge in [-0.25, -0.2) is 0 Å². The highest BCUT2D eigenvalue weighted by molar-refractivity contribution is 5.75. The van der Waals surface area contributed by atoms with Crippen LogP contribution in [0.25, 0.3) is 0 Å². The molecule has 1 heterocycles. The quantitative estimate of drug-likeness (QED) is 0.782. The third kappa shape index (κ3) is 2.47. The Morgan fingerprint density at radius 3 is 2.41 bits per heavy atom. The van der Waals surface area contributed by atoms with Gasteiger partial charge in [0.15, 0.2) is 0 Å². The molecule has 2 fully saturated rings. The number of hydrogen-bond donors (Lipinski definition) is 2. The van der Waals surface area contributed by atoms with Crippen molar-refractivity contribution in [3.05, 3.63) is 0 Å². The molecule has 1 aliphatic heterocycles. The molecule has 0 aromatic heterocycles. The number of carbonyl (C=O) groups is 1. The maximum Gasteiger partial charge on any atom is 0.310 e. The van der Waals surface area contributed by atoms with Crippen molar-refractivity contribution in [2.75, 3.05) is 19.6 Å². The van der Waals surface area contributed by atoms with Crippen molar-refractivity contribution < 1.29 is 15.0 Å². The number of nitrogens with zero attached hydrogens (tertiary/aromatic N) is 1. The predicted octanol–water partition coefficient (Wildman–Crippen LogP) is 1.48. The number of rotatable bonds is 4. The summed E-state index contributed by atoms with van der Waals surface area (Å²) in [6, 6.07) is 0. The fourth-order valence-electron chi connectivity index (χ4n) is 3.32. The summed E-state index contributed by atoms with van der Waals surface area (Å²) < 4.78 is 0. The molecule has 2 aliphatic rings. The van der Waals surface area contributed by atoms with Gasteiger partial charge >= 0.3 is 5.97 Å². The van der Waals surface area contributed by atoms with E-state index >= 15 is 0 Å². The van der Waals surface area contributed by atoms with Crippen molar-refractivity contribution >= 4 is 5.97 Å². The largest absolute Gasteiger partial charge is 0.481 e. The van der Waals surface area contributed by atoms with Crippen LogP contribution in [0.4, 0.5) is 0 Å². The smallest absolute Gasteiger partial charge is 0.310 e. The minimum absolute atomic E-state index is 0.553. The number of carboxylic acids is 1. The minimum Gasteiger partial charge on any atom is -0.481 e. The van der Waals surface area contributed by atoms with Gasteiger partial charge in [-0.05, 0) is 32.2 Å². The van der Waals surface area contributed by atoms with Gasteiger partial charge in [-0.3, -0.25) is 9.69 Å². The van der Waals surface area contributed by atoms with Gasteiger partial charge in [-0.1, -0.05) is 19.8 Å². The molecule has 0 aromatic carbocycles. The Hall–Kier alpha value is -0.610. The Balaban J connectivity index is 1.95. The van der Waals surface area contributed by atoms with Crippen LogP contribution in [-0.4, -0.2) is 46.3 Å². The van der Waals surface area contributed by atoms with E-state index in [1.165, 1.54) is 0 Å². The van der Waals surface area contributed by atoms with Crippen molar-refractivity contribution in [2.45, 2.75) is 51.0 Å². The highest BCUT2D eigenvalue weighted by atomic mass is 16.4. The Labute approximate surface area is 103 Å². The first-order chi connectivity index (χ1) is 8.00. The van der Waals surface area contributed by atoms with Gasteiger partial charge in [0.05, 0.1) is 11.0 Å². The zero-order valence-electron chi connectivity index (χ0n) is 10.6. The summed E-state index contributed by atoms with van der Waals surface area (Å²) in [6.07, 6.45) is 5.34. The predicted molar refractivity (Wildman–Crippen MR) is 64.8 cm³/mol. The molecule has 17 heavy (non-hydrogen) atoms. The minimum atomic E-state index is -0.680. The molecule has 0 radical (unpaired) electrons. The maximum absolute atomic E-state index is 11.3. The standard InChI is InChI=1S/C13H23NO3/c1-2-12(11(15)16)7-8-14(9-12)10-13(17)5-3-4-6-13/h17H,2-10H2,1H3,(H,15,16). The lowest BCUT2D eigenvalue weighted by Gasteiger charge is -2.29. The van der Waals surface area contributed by atoms with Gasteiger partial charge in [0, 0.05) is 13.1 Å². The number of hydrogen-bond acceptors (Lipinski definition) is 3. The fourth-order valence-corrected chi connectivity index (χ4v) is 3.32. The fraction of sp³-hybridized carbons (Fsp3) is 0.923. The molecule has 0 aromatic rings. The number of likely N-dealkylation sites (tertiary alicyclic amines) is 1. The summed E-state index contributed by atoms with van der Waals surface area (Å²) in [7, 11) is 0. The van der Waals surface area contributed by atoms with Crippen LogP contribution in [0, 0.1) is 5.41 Å². The second kappa shape index (κ2) is 4.58. The summed E-state index contributed by atoms with van der Waals surface area (Å²) in [5.41, 5.74) is -1.13. The van der Waals surface area contributed by atoms with Crippen molar-refractivity contribution in [1.29, 1.82) is 0 Å². The number of aliphatic carboxylic acids is 1. The first kappa shape index (κ1) is 12.8. The lowest BCUT2D eigenvalue weighted by atomic mass is 9.84. The van der Waals surface area contributed by atoms with Crippen LogP contribution in [0.2, 0.25) is 0 Å².